The Bertz CT molecular complexity index is 544. The molecule has 108 valence electrons. The Balaban J connectivity index is 2.14. The first-order valence-electron chi connectivity index (χ1n) is 6.29. The van der Waals surface area contributed by atoms with Crippen LogP contribution >= 0.6 is 15.9 Å². The summed E-state index contributed by atoms with van der Waals surface area (Å²) in [5, 5.41) is 21.3. The summed E-state index contributed by atoms with van der Waals surface area (Å²) in [4.78, 5) is 14.1. The van der Waals surface area contributed by atoms with Crippen LogP contribution in [0.2, 0.25) is 0 Å². The highest BCUT2D eigenvalue weighted by Gasteiger charge is 2.33. The predicted octanol–water partition coefficient (Wildman–Crippen LogP) is 1.90. The zero-order chi connectivity index (χ0) is 14.7. The van der Waals surface area contributed by atoms with Crippen molar-refractivity contribution >= 4 is 27.7 Å². The Hall–Kier alpha value is -1.76. The number of carbonyl (C=O) groups is 1. The van der Waals surface area contributed by atoms with Gasteiger partial charge in [-0.3, -0.25) is 4.79 Å². The van der Waals surface area contributed by atoms with E-state index in [-0.39, 0.29) is 29.1 Å². The van der Waals surface area contributed by atoms with Crippen LogP contribution < -0.4 is 5.73 Å². The van der Waals surface area contributed by atoms with Gasteiger partial charge in [-0.25, -0.2) is 0 Å². The first-order chi connectivity index (χ1) is 9.52. The normalized spacial score (nSPS) is 15.2. The summed E-state index contributed by atoms with van der Waals surface area (Å²) in [5.41, 5.74) is 5.70. The number of hydrogen-bond donors (Lipinski definition) is 3. The number of nitrogens with zero attached hydrogens (tertiary/aromatic N) is 2. The highest BCUT2D eigenvalue weighted by Crippen LogP contribution is 2.31. The van der Waals surface area contributed by atoms with Crippen molar-refractivity contribution in [2.24, 2.45) is 10.9 Å². The van der Waals surface area contributed by atoms with E-state index in [9.17, 15) is 9.90 Å². The highest BCUT2D eigenvalue weighted by molar-refractivity contribution is 9.10. The van der Waals surface area contributed by atoms with E-state index in [1.54, 1.807) is 17.0 Å². The number of benzene rings is 1. The molecule has 2 rings (SSSR count). The van der Waals surface area contributed by atoms with Crippen molar-refractivity contribution in [1.82, 2.24) is 4.90 Å². The number of phenolic OH excluding ortho intramolecular Hbond substituents is 1. The molecule has 0 saturated heterocycles. The SMILES string of the molecule is NC(CCN(C(=O)c1ccc(Br)cc1O)C1CC1)=NO. The lowest BCUT2D eigenvalue weighted by Crippen LogP contribution is -2.36. The largest absolute Gasteiger partial charge is 0.507 e. The zero-order valence-electron chi connectivity index (χ0n) is 10.8. The van der Waals surface area contributed by atoms with Crippen LogP contribution in [0.15, 0.2) is 27.8 Å². The monoisotopic (exact) mass is 341 g/mol. The molecule has 1 saturated carbocycles. The second-order valence-corrected chi connectivity index (χ2v) is 5.65. The molecule has 1 aliphatic carbocycles. The van der Waals surface area contributed by atoms with Gasteiger partial charge in [-0.1, -0.05) is 21.1 Å². The maximum Gasteiger partial charge on any atom is 0.257 e. The van der Waals surface area contributed by atoms with E-state index < -0.39 is 0 Å². The molecule has 0 unspecified atom stereocenters. The van der Waals surface area contributed by atoms with Gasteiger partial charge in [-0.2, -0.15) is 0 Å². The van der Waals surface area contributed by atoms with Crippen LogP contribution in [-0.2, 0) is 0 Å². The molecule has 0 atom stereocenters. The van der Waals surface area contributed by atoms with Gasteiger partial charge in [0.2, 0.25) is 0 Å². The van der Waals surface area contributed by atoms with Gasteiger partial charge in [0, 0.05) is 23.5 Å². The minimum atomic E-state index is -0.233. The highest BCUT2D eigenvalue weighted by atomic mass is 79.9. The van der Waals surface area contributed by atoms with Crippen LogP contribution in [-0.4, -0.2) is 39.5 Å². The van der Waals surface area contributed by atoms with Crippen LogP contribution in [0.5, 0.6) is 5.75 Å². The minimum absolute atomic E-state index is 0.0566. The van der Waals surface area contributed by atoms with E-state index in [0.717, 1.165) is 12.8 Å². The number of carbonyl (C=O) groups excluding carboxylic acids is 1. The van der Waals surface area contributed by atoms with Crippen LogP contribution in [0, 0.1) is 0 Å². The van der Waals surface area contributed by atoms with Gasteiger partial charge in [0.15, 0.2) is 0 Å². The molecule has 0 bridgehead atoms. The number of halogens is 1. The second kappa shape index (κ2) is 6.13. The quantitative estimate of drug-likeness (QED) is 0.329. The van der Waals surface area contributed by atoms with Crippen molar-refractivity contribution in [2.45, 2.75) is 25.3 Å². The topological polar surface area (TPSA) is 99.2 Å². The molecule has 0 radical (unpaired) electrons. The molecular formula is C13H16BrN3O3. The van der Waals surface area contributed by atoms with Gasteiger partial charge >= 0.3 is 0 Å². The van der Waals surface area contributed by atoms with Gasteiger partial charge in [0.05, 0.1) is 5.56 Å². The van der Waals surface area contributed by atoms with Crippen LogP contribution in [0.25, 0.3) is 0 Å². The predicted molar refractivity (Wildman–Crippen MR) is 77.9 cm³/mol. The molecule has 1 amide bonds. The van der Waals surface area contributed by atoms with Crippen LogP contribution in [0.4, 0.5) is 0 Å². The average Bonchev–Trinajstić information content (AvgIpc) is 3.23. The average molecular weight is 342 g/mol. The summed E-state index contributed by atoms with van der Waals surface area (Å²) in [6, 6.07) is 4.96. The van der Waals surface area contributed by atoms with Gasteiger partial charge in [0.1, 0.15) is 11.6 Å². The standard InChI is InChI=1S/C13H16BrN3O3/c14-8-1-4-10(11(18)7-8)13(19)17(9-2-3-9)6-5-12(15)16-20/h1,4,7,9,18,20H,2-3,5-6H2,(H2,15,16). The summed E-state index contributed by atoms with van der Waals surface area (Å²) in [6.45, 7) is 0.370. The Morgan fingerprint density at radius 3 is 2.75 bits per heavy atom. The molecule has 1 aromatic carbocycles. The Labute approximate surface area is 125 Å². The number of amides is 1. The maximum absolute atomic E-state index is 12.5. The fourth-order valence-electron chi connectivity index (χ4n) is 1.96. The molecule has 6 nitrogen and oxygen atoms in total. The lowest BCUT2D eigenvalue weighted by molar-refractivity contribution is 0.0744. The van der Waals surface area contributed by atoms with Gasteiger partial charge in [-0.15, -0.1) is 0 Å². The van der Waals surface area contributed by atoms with E-state index in [1.807, 2.05) is 0 Å². The lowest BCUT2D eigenvalue weighted by Gasteiger charge is -2.22. The Morgan fingerprint density at radius 2 is 2.20 bits per heavy atom. The third-order valence-electron chi connectivity index (χ3n) is 3.18. The molecule has 1 fully saturated rings. The number of nitrogens with two attached hydrogens (primary N) is 1. The van der Waals surface area contributed by atoms with Gasteiger partial charge < -0.3 is 20.9 Å². The Kier molecular flexibility index (Phi) is 4.49. The summed E-state index contributed by atoms with van der Waals surface area (Å²) < 4.78 is 0.709. The second-order valence-electron chi connectivity index (χ2n) is 4.73. The van der Waals surface area contributed by atoms with Gasteiger partial charge in [-0.05, 0) is 31.0 Å². The first kappa shape index (κ1) is 14.6. The van der Waals surface area contributed by atoms with Crippen LogP contribution in [0.1, 0.15) is 29.6 Å². The number of phenols is 1. The van der Waals surface area contributed by atoms with E-state index >= 15 is 0 Å². The van der Waals surface area contributed by atoms with E-state index in [2.05, 4.69) is 21.1 Å². The third-order valence-corrected chi connectivity index (χ3v) is 3.67. The van der Waals surface area contributed by atoms with Gasteiger partial charge in [0.25, 0.3) is 5.91 Å². The molecule has 4 N–H and O–H groups in total. The molecule has 7 heteroatoms. The van der Waals surface area contributed by atoms with Crippen molar-refractivity contribution in [1.29, 1.82) is 0 Å². The fraction of sp³-hybridized carbons (Fsp3) is 0.385. The summed E-state index contributed by atoms with van der Waals surface area (Å²) in [7, 11) is 0. The summed E-state index contributed by atoms with van der Waals surface area (Å²) >= 11 is 3.24. The summed E-state index contributed by atoms with van der Waals surface area (Å²) in [5.74, 6) is -0.203. The first-order valence-corrected chi connectivity index (χ1v) is 7.08. The molecule has 0 aromatic heterocycles. The number of oxime groups is 1. The maximum atomic E-state index is 12.5. The Morgan fingerprint density at radius 1 is 1.50 bits per heavy atom. The molecule has 20 heavy (non-hydrogen) atoms. The van der Waals surface area contributed by atoms with Crippen molar-refractivity contribution in [3.63, 3.8) is 0 Å². The summed E-state index contributed by atoms with van der Waals surface area (Å²) in [6.07, 6.45) is 2.19. The van der Waals surface area contributed by atoms with Crippen molar-refractivity contribution in [3.05, 3.63) is 28.2 Å². The van der Waals surface area contributed by atoms with E-state index in [4.69, 9.17) is 10.9 Å². The van der Waals surface area contributed by atoms with Crippen molar-refractivity contribution in [2.75, 3.05) is 6.54 Å². The molecular weight excluding hydrogens is 326 g/mol. The van der Waals surface area contributed by atoms with Crippen LogP contribution in [0.3, 0.4) is 0 Å². The molecule has 0 heterocycles. The number of hydrogen-bond acceptors (Lipinski definition) is 4. The smallest absolute Gasteiger partial charge is 0.257 e. The molecule has 1 aliphatic rings. The molecule has 1 aromatic rings. The van der Waals surface area contributed by atoms with Crippen molar-refractivity contribution in [3.8, 4) is 5.75 Å². The number of rotatable bonds is 5. The van der Waals surface area contributed by atoms with Crippen molar-refractivity contribution < 1.29 is 15.1 Å². The minimum Gasteiger partial charge on any atom is -0.507 e. The zero-order valence-corrected chi connectivity index (χ0v) is 12.4. The molecule has 0 spiro atoms. The number of aromatic hydroxyl groups is 1. The lowest BCUT2D eigenvalue weighted by atomic mass is 10.1. The van der Waals surface area contributed by atoms with E-state index in [0.29, 0.717) is 17.4 Å². The fourth-order valence-corrected chi connectivity index (χ4v) is 2.31. The molecule has 0 aliphatic heterocycles. The van der Waals surface area contributed by atoms with E-state index in [1.165, 1.54) is 6.07 Å². The number of amidine groups is 1. The third kappa shape index (κ3) is 3.41.